The van der Waals surface area contributed by atoms with Gasteiger partial charge in [-0.3, -0.25) is 0 Å². The van der Waals surface area contributed by atoms with Gasteiger partial charge in [0, 0.05) is 12.4 Å². The van der Waals surface area contributed by atoms with E-state index in [1.54, 1.807) is 12.4 Å². The summed E-state index contributed by atoms with van der Waals surface area (Å²) in [5.41, 5.74) is 6.55. The molecule has 0 unspecified atom stereocenters. The van der Waals surface area contributed by atoms with Gasteiger partial charge in [0.2, 0.25) is 0 Å². The van der Waals surface area contributed by atoms with Crippen molar-refractivity contribution in [2.45, 2.75) is 6.42 Å². The molecule has 6 nitrogen and oxygen atoms in total. The number of azo groups is 2. The first-order chi connectivity index (χ1) is 14.3. The molecular weight excluding hydrogens is 360 g/mol. The zero-order valence-electron chi connectivity index (χ0n) is 15.5. The molecule has 0 aliphatic heterocycles. The van der Waals surface area contributed by atoms with E-state index in [0.29, 0.717) is 11.6 Å². The lowest BCUT2D eigenvalue weighted by Gasteiger charge is -2.02. The SMILES string of the molecule is c1ccc(/N=N/c2ccc3c(c2)Cc2cc(/N=N/c4ccccn4)ccc2-3)nc1. The van der Waals surface area contributed by atoms with E-state index in [4.69, 9.17) is 0 Å². The van der Waals surface area contributed by atoms with Crippen LogP contribution in [0.5, 0.6) is 0 Å². The van der Waals surface area contributed by atoms with Gasteiger partial charge >= 0.3 is 0 Å². The van der Waals surface area contributed by atoms with E-state index in [2.05, 4.69) is 54.7 Å². The summed E-state index contributed by atoms with van der Waals surface area (Å²) >= 11 is 0. The van der Waals surface area contributed by atoms with Crippen molar-refractivity contribution in [2.75, 3.05) is 0 Å². The second-order valence-corrected chi connectivity index (χ2v) is 6.64. The van der Waals surface area contributed by atoms with Crippen molar-refractivity contribution in [3.63, 3.8) is 0 Å². The van der Waals surface area contributed by atoms with Crippen LogP contribution in [-0.4, -0.2) is 9.97 Å². The number of benzene rings is 2. The van der Waals surface area contributed by atoms with E-state index < -0.39 is 0 Å². The summed E-state index contributed by atoms with van der Waals surface area (Å²) in [4.78, 5) is 8.33. The first-order valence-electron chi connectivity index (χ1n) is 9.27. The average molecular weight is 376 g/mol. The third-order valence-electron chi connectivity index (χ3n) is 4.68. The normalized spacial score (nSPS) is 12.4. The molecule has 1 aliphatic rings. The van der Waals surface area contributed by atoms with Crippen LogP contribution in [0.15, 0.2) is 106 Å². The maximum atomic E-state index is 4.32. The molecule has 6 heteroatoms. The molecule has 0 radical (unpaired) electrons. The summed E-state index contributed by atoms with van der Waals surface area (Å²) in [7, 11) is 0. The van der Waals surface area contributed by atoms with Gasteiger partial charge in [0.1, 0.15) is 0 Å². The Balaban J connectivity index is 1.37. The van der Waals surface area contributed by atoms with Gasteiger partial charge in [-0.15, -0.1) is 20.5 Å². The summed E-state index contributed by atoms with van der Waals surface area (Å²) in [6, 6.07) is 23.5. The first-order valence-corrected chi connectivity index (χ1v) is 9.27. The Bertz CT molecular complexity index is 1120. The highest BCUT2D eigenvalue weighted by atomic mass is 15.1. The molecule has 0 fully saturated rings. The monoisotopic (exact) mass is 376 g/mol. The molecule has 0 N–H and O–H groups in total. The molecule has 0 atom stereocenters. The summed E-state index contributed by atoms with van der Waals surface area (Å²) in [6.07, 6.45) is 4.25. The molecule has 1 aliphatic carbocycles. The Morgan fingerprint density at radius 3 is 1.52 bits per heavy atom. The molecule has 5 rings (SSSR count). The summed E-state index contributed by atoms with van der Waals surface area (Å²) in [6.45, 7) is 0. The highest BCUT2D eigenvalue weighted by Gasteiger charge is 2.19. The van der Waals surface area contributed by atoms with Crippen molar-refractivity contribution < 1.29 is 0 Å². The lowest BCUT2D eigenvalue weighted by Crippen LogP contribution is -1.79. The quantitative estimate of drug-likeness (QED) is 0.321. The number of fused-ring (bicyclic) bond motifs is 3. The van der Waals surface area contributed by atoms with E-state index in [1.165, 1.54) is 22.3 Å². The molecule has 0 saturated heterocycles. The Morgan fingerprint density at radius 1 is 0.552 bits per heavy atom. The Labute approximate surface area is 167 Å². The fourth-order valence-corrected chi connectivity index (χ4v) is 3.35. The molecular formula is C23H16N6. The highest BCUT2D eigenvalue weighted by Crippen LogP contribution is 2.40. The minimum absolute atomic E-state index is 0.596. The van der Waals surface area contributed by atoms with Crippen LogP contribution in [0.2, 0.25) is 0 Å². The smallest absolute Gasteiger partial charge is 0.174 e. The molecule has 0 amide bonds. The van der Waals surface area contributed by atoms with E-state index >= 15 is 0 Å². The fourth-order valence-electron chi connectivity index (χ4n) is 3.35. The lowest BCUT2D eigenvalue weighted by atomic mass is 10.1. The van der Waals surface area contributed by atoms with E-state index in [9.17, 15) is 0 Å². The van der Waals surface area contributed by atoms with Crippen LogP contribution in [0.4, 0.5) is 23.0 Å². The van der Waals surface area contributed by atoms with Gasteiger partial charge in [-0.2, -0.15) is 0 Å². The number of hydrogen-bond acceptors (Lipinski definition) is 6. The van der Waals surface area contributed by atoms with Crippen molar-refractivity contribution in [3.05, 3.63) is 96.3 Å². The van der Waals surface area contributed by atoms with Crippen molar-refractivity contribution in [2.24, 2.45) is 20.5 Å². The van der Waals surface area contributed by atoms with Gasteiger partial charge in [0.05, 0.1) is 11.4 Å². The van der Waals surface area contributed by atoms with E-state index in [-0.39, 0.29) is 0 Å². The second-order valence-electron chi connectivity index (χ2n) is 6.64. The molecule has 2 aromatic carbocycles. The van der Waals surface area contributed by atoms with Gasteiger partial charge in [0.25, 0.3) is 0 Å². The predicted molar refractivity (Wildman–Crippen MR) is 112 cm³/mol. The van der Waals surface area contributed by atoms with Crippen molar-refractivity contribution in [3.8, 4) is 11.1 Å². The number of pyridine rings is 2. The van der Waals surface area contributed by atoms with Gasteiger partial charge in [0.15, 0.2) is 11.6 Å². The first kappa shape index (κ1) is 17.1. The van der Waals surface area contributed by atoms with E-state index in [0.717, 1.165) is 17.8 Å². The Kier molecular flexibility index (Phi) is 4.42. The Hall–Kier alpha value is -4.06. The van der Waals surface area contributed by atoms with Crippen molar-refractivity contribution in [1.82, 2.24) is 9.97 Å². The maximum absolute atomic E-state index is 4.32. The standard InChI is InChI=1S/C23H16N6/c1-3-11-24-22(5-1)28-26-18-7-9-20-16(14-18)13-17-15-19(8-10-21(17)20)27-29-23-6-2-4-12-25-23/h1-12,14-15H,13H2/b28-26+,29-27+. The van der Waals surface area contributed by atoms with E-state index in [1.807, 2.05) is 48.5 Å². The zero-order chi connectivity index (χ0) is 19.5. The molecule has 2 aromatic heterocycles. The predicted octanol–water partition coefficient (Wildman–Crippen LogP) is 6.88. The zero-order valence-corrected chi connectivity index (χ0v) is 15.5. The summed E-state index contributed by atoms with van der Waals surface area (Å²) in [5.74, 6) is 1.19. The van der Waals surface area contributed by atoms with Gasteiger partial charge < -0.3 is 0 Å². The third-order valence-corrected chi connectivity index (χ3v) is 4.68. The minimum atomic E-state index is 0.596. The largest absolute Gasteiger partial charge is 0.236 e. The fraction of sp³-hybridized carbons (Fsp3) is 0.0435. The summed E-state index contributed by atoms with van der Waals surface area (Å²) in [5, 5.41) is 17.0. The van der Waals surface area contributed by atoms with Crippen LogP contribution in [0.1, 0.15) is 11.1 Å². The molecule has 0 spiro atoms. The maximum Gasteiger partial charge on any atom is 0.174 e. The van der Waals surface area contributed by atoms with Gasteiger partial charge in [-0.1, -0.05) is 24.3 Å². The van der Waals surface area contributed by atoms with Crippen molar-refractivity contribution >= 4 is 23.0 Å². The van der Waals surface area contributed by atoms with Crippen molar-refractivity contribution in [1.29, 1.82) is 0 Å². The van der Waals surface area contributed by atoms with Crippen LogP contribution in [0.25, 0.3) is 11.1 Å². The topological polar surface area (TPSA) is 75.2 Å². The Morgan fingerprint density at radius 2 is 1.07 bits per heavy atom. The number of hydrogen-bond donors (Lipinski definition) is 0. The molecule has 0 bridgehead atoms. The van der Waals surface area contributed by atoms with Crippen LogP contribution in [0.3, 0.4) is 0 Å². The number of rotatable bonds is 4. The molecule has 4 aromatic rings. The minimum Gasteiger partial charge on any atom is -0.236 e. The molecule has 138 valence electrons. The lowest BCUT2D eigenvalue weighted by molar-refractivity contribution is 1.14. The van der Waals surface area contributed by atoms with Crippen LogP contribution in [-0.2, 0) is 6.42 Å². The number of nitrogens with zero attached hydrogens (tertiary/aromatic N) is 6. The third kappa shape index (κ3) is 3.68. The molecule has 0 saturated carbocycles. The van der Waals surface area contributed by atoms with Crippen LogP contribution < -0.4 is 0 Å². The summed E-state index contributed by atoms with van der Waals surface area (Å²) < 4.78 is 0. The molecule has 29 heavy (non-hydrogen) atoms. The van der Waals surface area contributed by atoms with Crippen LogP contribution >= 0.6 is 0 Å². The second kappa shape index (κ2) is 7.52. The molecule has 2 heterocycles. The average Bonchev–Trinajstić information content (AvgIpc) is 3.14. The van der Waals surface area contributed by atoms with Crippen LogP contribution in [0, 0.1) is 0 Å². The highest BCUT2D eigenvalue weighted by molar-refractivity contribution is 5.79. The number of aromatic nitrogens is 2. The van der Waals surface area contributed by atoms with Gasteiger partial charge in [-0.25, -0.2) is 9.97 Å². The van der Waals surface area contributed by atoms with Gasteiger partial charge in [-0.05, 0) is 77.2 Å².